The molecule has 5 aromatic rings. The molecule has 1 amide bonds. The molecule has 0 unspecified atom stereocenters. The summed E-state index contributed by atoms with van der Waals surface area (Å²) in [5.74, 6) is 0.733. The molecule has 4 aromatic carbocycles. The highest BCUT2D eigenvalue weighted by molar-refractivity contribution is 7.22. The van der Waals surface area contributed by atoms with Crippen molar-refractivity contribution in [3.05, 3.63) is 126 Å². The van der Waals surface area contributed by atoms with Crippen LogP contribution in [0.5, 0.6) is 5.75 Å². The van der Waals surface area contributed by atoms with Gasteiger partial charge in [0, 0.05) is 12.3 Å². The van der Waals surface area contributed by atoms with Crippen molar-refractivity contribution in [2.75, 3.05) is 11.5 Å². The zero-order valence-electron chi connectivity index (χ0n) is 20.2. The number of thiazole rings is 1. The van der Waals surface area contributed by atoms with E-state index in [1.807, 2.05) is 96.8 Å². The molecule has 0 saturated carbocycles. The number of carbonyl (C=O) groups excluding carboxylic acids is 1. The van der Waals surface area contributed by atoms with E-state index in [1.54, 1.807) is 0 Å². The van der Waals surface area contributed by atoms with Crippen LogP contribution in [-0.2, 0) is 11.3 Å². The van der Waals surface area contributed by atoms with E-state index in [1.165, 1.54) is 11.3 Å². The van der Waals surface area contributed by atoms with Gasteiger partial charge in [-0.1, -0.05) is 108 Å². The topological polar surface area (TPSA) is 42.4 Å². The van der Waals surface area contributed by atoms with Crippen LogP contribution in [0.25, 0.3) is 10.2 Å². The summed E-state index contributed by atoms with van der Waals surface area (Å²) in [5, 5.41) is 0.686. The Hall–Kier alpha value is -3.96. The second-order valence-electron chi connectivity index (χ2n) is 8.58. The summed E-state index contributed by atoms with van der Waals surface area (Å²) < 4.78 is 6.82. The lowest BCUT2D eigenvalue weighted by Crippen LogP contribution is -2.31. The van der Waals surface area contributed by atoms with E-state index >= 15 is 0 Å². The Balaban J connectivity index is 1.53. The standard InChI is InChI=1S/C31H28N2O2S/c1-2-35-27-19-12-20-28-30(27)32-31(36-28)33(22-23-13-6-3-7-14-23)29(34)21-26(24-15-8-4-9-16-24)25-17-10-5-11-18-25/h3-20,26H,2,21-22H2,1H3. The monoisotopic (exact) mass is 492 g/mol. The van der Waals surface area contributed by atoms with Gasteiger partial charge in [0.2, 0.25) is 5.91 Å². The molecule has 0 spiro atoms. The number of ether oxygens (including phenoxy) is 1. The van der Waals surface area contributed by atoms with Gasteiger partial charge >= 0.3 is 0 Å². The molecule has 0 aliphatic carbocycles. The molecule has 0 bridgehead atoms. The van der Waals surface area contributed by atoms with E-state index in [4.69, 9.17) is 9.72 Å². The first kappa shape index (κ1) is 23.8. The molecule has 0 saturated heterocycles. The summed E-state index contributed by atoms with van der Waals surface area (Å²) >= 11 is 1.53. The van der Waals surface area contributed by atoms with Gasteiger partial charge in [0.1, 0.15) is 11.3 Å². The molecule has 1 heterocycles. The maximum absolute atomic E-state index is 14.1. The van der Waals surface area contributed by atoms with Crippen LogP contribution >= 0.6 is 11.3 Å². The number of hydrogen-bond donors (Lipinski definition) is 0. The van der Waals surface area contributed by atoms with Crippen molar-refractivity contribution in [3.63, 3.8) is 0 Å². The van der Waals surface area contributed by atoms with Gasteiger partial charge in [-0.25, -0.2) is 4.98 Å². The SMILES string of the molecule is CCOc1cccc2sc(N(Cc3ccccc3)C(=O)CC(c3ccccc3)c3ccccc3)nc12. The average Bonchev–Trinajstić information content (AvgIpc) is 3.37. The van der Waals surface area contributed by atoms with Crippen LogP contribution < -0.4 is 9.64 Å². The molecule has 180 valence electrons. The fraction of sp³-hybridized carbons (Fsp3) is 0.161. The maximum atomic E-state index is 14.1. The maximum Gasteiger partial charge on any atom is 0.230 e. The van der Waals surface area contributed by atoms with Crippen LogP contribution in [-0.4, -0.2) is 17.5 Å². The van der Waals surface area contributed by atoms with Crippen LogP contribution in [0.3, 0.4) is 0 Å². The first-order valence-corrected chi connectivity index (χ1v) is 13.0. The average molecular weight is 493 g/mol. The molecular weight excluding hydrogens is 464 g/mol. The molecule has 4 nitrogen and oxygen atoms in total. The predicted molar refractivity (Wildman–Crippen MR) is 148 cm³/mol. The minimum atomic E-state index is -0.0495. The fourth-order valence-electron chi connectivity index (χ4n) is 4.41. The van der Waals surface area contributed by atoms with Gasteiger partial charge in [-0.05, 0) is 35.7 Å². The number of amides is 1. The Kier molecular flexibility index (Phi) is 7.39. The number of anilines is 1. The van der Waals surface area contributed by atoms with E-state index in [0.717, 1.165) is 32.7 Å². The third kappa shape index (κ3) is 5.31. The highest BCUT2D eigenvalue weighted by Crippen LogP contribution is 2.36. The third-order valence-electron chi connectivity index (χ3n) is 6.17. The molecule has 5 heteroatoms. The normalized spacial score (nSPS) is 11.1. The lowest BCUT2D eigenvalue weighted by atomic mass is 9.88. The van der Waals surface area contributed by atoms with Crippen molar-refractivity contribution >= 4 is 32.6 Å². The minimum Gasteiger partial charge on any atom is -0.492 e. The number of benzene rings is 4. The van der Waals surface area contributed by atoms with Crippen molar-refractivity contribution in [1.29, 1.82) is 0 Å². The smallest absolute Gasteiger partial charge is 0.230 e. The van der Waals surface area contributed by atoms with Crippen LogP contribution in [0.2, 0.25) is 0 Å². The fourth-order valence-corrected chi connectivity index (χ4v) is 5.41. The Bertz CT molecular complexity index is 1380. The van der Waals surface area contributed by atoms with Gasteiger partial charge < -0.3 is 4.74 Å². The molecule has 0 aliphatic rings. The first-order chi connectivity index (χ1) is 17.7. The number of rotatable bonds is 9. The quantitative estimate of drug-likeness (QED) is 0.215. The predicted octanol–water partition coefficient (Wildman–Crippen LogP) is 7.45. The number of para-hydroxylation sites is 1. The van der Waals surface area contributed by atoms with Gasteiger partial charge in [0.05, 0.1) is 17.9 Å². The van der Waals surface area contributed by atoms with Crippen molar-refractivity contribution < 1.29 is 9.53 Å². The summed E-state index contributed by atoms with van der Waals surface area (Å²) in [6.45, 7) is 2.98. The van der Waals surface area contributed by atoms with E-state index in [0.29, 0.717) is 24.7 Å². The molecule has 0 fully saturated rings. The van der Waals surface area contributed by atoms with Gasteiger partial charge in [-0.15, -0.1) is 0 Å². The second kappa shape index (κ2) is 11.2. The molecular formula is C31H28N2O2S. The van der Waals surface area contributed by atoms with Crippen molar-refractivity contribution in [3.8, 4) is 5.75 Å². The van der Waals surface area contributed by atoms with E-state index in [9.17, 15) is 4.79 Å². The molecule has 0 atom stereocenters. The molecule has 1 aromatic heterocycles. The van der Waals surface area contributed by atoms with Crippen molar-refractivity contribution in [2.24, 2.45) is 0 Å². The number of nitrogens with zero attached hydrogens (tertiary/aromatic N) is 2. The zero-order valence-corrected chi connectivity index (χ0v) is 21.0. The molecule has 0 aliphatic heterocycles. The van der Waals surface area contributed by atoms with Gasteiger partial charge in [-0.3, -0.25) is 9.69 Å². The second-order valence-corrected chi connectivity index (χ2v) is 9.59. The number of carbonyl (C=O) groups is 1. The molecule has 36 heavy (non-hydrogen) atoms. The van der Waals surface area contributed by atoms with Crippen LogP contribution in [0, 0.1) is 0 Å². The Morgan fingerprint density at radius 2 is 1.44 bits per heavy atom. The van der Waals surface area contributed by atoms with E-state index in [2.05, 4.69) is 24.3 Å². The lowest BCUT2D eigenvalue weighted by molar-refractivity contribution is -0.119. The number of hydrogen-bond acceptors (Lipinski definition) is 4. The summed E-state index contributed by atoms with van der Waals surface area (Å²) in [5.41, 5.74) is 4.11. The largest absolute Gasteiger partial charge is 0.492 e. The summed E-state index contributed by atoms with van der Waals surface area (Å²) in [6.07, 6.45) is 0.342. The highest BCUT2D eigenvalue weighted by atomic mass is 32.1. The number of aromatic nitrogens is 1. The van der Waals surface area contributed by atoms with Crippen LogP contribution in [0.4, 0.5) is 5.13 Å². The van der Waals surface area contributed by atoms with E-state index in [-0.39, 0.29) is 11.8 Å². The Morgan fingerprint density at radius 3 is 2.06 bits per heavy atom. The van der Waals surface area contributed by atoms with Gasteiger partial charge in [0.15, 0.2) is 5.13 Å². The van der Waals surface area contributed by atoms with E-state index < -0.39 is 0 Å². The molecule has 0 N–H and O–H groups in total. The Labute approximate surface area is 215 Å². The Morgan fingerprint density at radius 1 is 0.833 bits per heavy atom. The third-order valence-corrected chi connectivity index (χ3v) is 7.21. The molecule has 0 radical (unpaired) electrons. The summed E-state index contributed by atoms with van der Waals surface area (Å²) in [6, 6.07) is 36.5. The van der Waals surface area contributed by atoms with Gasteiger partial charge in [0.25, 0.3) is 0 Å². The first-order valence-electron chi connectivity index (χ1n) is 12.2. The van der Waals surface area contributed by atoms with Gasteiger partial charge in [-0.2, -0.15) is 0 Å². The summed E-state index contributed by atoms with van der Waals surface area (Å²) in [4.78, 5) is 20.8. The summed E-state index contributed by atoms with van der Waals surface area (Å²) in [7, 11) is 0. The highest BCUT2D eigenvalue weighted by Gasteiger charge is 2.26. The van der Waals surface area contributed by atoms with Crippen LogP contribution in [0.15, 0.2) is 109 Å². The number of fused-ring (bicyclic) bond motifs is 1. The lowest BCUT2D eigenvalue weighted by Gasteiger charge is -2.24. The minimum absolute atomic E-state index is 0.0357. The zero-order chi connectivity index (χ0) is 24.7. The van der Waals surface area contributed by atoms with Crippen molar-refractivity contribution in [1.82, 2.24) is 4.98 Å². The molecule has 5 rings (SSSR count). The van der Waals surface area contributed by atoms with Crippen LogP contribution in [0.1, 0.15) is 36.0 Å². The van der Waals surface area contributed by atoms with Crippen molar-refractivity contribution in [2.45, 2.75) is 25.8 Å².